The van der Waals surface area contributed by atoms with Crippen LogP contribution in [0.15, 0.2) is 18.2 Å². The van der Waals surface area contributed by atoms with E-state index >= 15 is 0 Å². The van der Waals surface area contributed by atoms with Gasteiger partial charge in [0.2, 0.25) is 11.7 Å². The highest BCUT2D eigenvalue weighted by atomic mass is 19.1. The number of carboxylic acids is 1. The average Bonchev–Trinajstić information content (AvgIpc) is 2.24. The van der Waals surface area contributed by atoms with Gasteiger partial charge >= 0.3 is 11.7 Å². The van der Waals surface area contributed by atoms with E-state index in [2.05, 4.69) is 5.32 Å². The fourth-order valence-corrected chi connectivity index (χ4v) is 1.84. The maximum Gasteiger partial charge on any atom is 0.304 e. The number of carbonyl (C=O) groups excluding carboxylic acids is 1. The van der Waals surface area contributed by atoms with Crippen LogP contribution in [0.4, 0.5) is 15.8 Å². The van der Waals surface area contributed by atoms with Gasteiger partial charge in [-0.3, -0.25) is 19.7 Å². The van der Waals surface area contributed by atoms with Crippen molar-refractivity contribution in [3.05, 3.63) is 34.1 Å². The second kappa shape index (κ2) is 6.29. The SMILES string of the molecule is CC(C)(CC(=O)O)CC(=O)Nc1ccc([N+](=O)[O-])c(F)c1. The Morgan fingerprint density at radius 2 is 2.00 bits per heavy atom. The number of carbonyl (C=O) groups is 2. The molecular formula is C13H15FN2O5. The molecule has 0 aliphatic heterocycles. The van der Waals surface area contributed by atoms with Gasteiger partial charge < -0.3 is 10.4 Å². The molecule has 1 amide bonds. The minimum Gasteiger partial charge on any atom is -0.481 e. The summed E-state index contributed by atoms with van der Waals surface area (Å²) < 4.78 is 13.4. The number of benzene rings is 1. The number of carboxylic acid groups (broad SMARTS) is 1. The van der Waals surface area contributed by atoms with Crippen LogP contribution in [0.25, 0.3) is 0 Å². The maximum absolute atomic E-state index is 13.4. The van der Waals surface area contributed by atoms with E-state index in [1.54, 1.807) is 13.8 Å². The van der Waals surface area contributed by atoms with Crippen LogP contribution in [0.1, 0.15) is 26.7 Å². The quantitative estimate of drug-likeness (QED) is 0.619. The van der Waals surface area contributed by atoms with Gasteiger partial charge in [-0.1, -0.05) is 13.8 Å². The molecule has 0 fully saturated rings. The average molecular weight is 298 g/mol. The summed E-state index contributed by atoms with van der Waals surface area (Å²) in [5.41, 5.74) is -1.36. The first-order chi connectivity index (χ1) is 9.60. The van der Waals surface area contributed by atoms with Gasteiger partial charge in [0.1, 0.15) is 0 Å². The Bertz CT molecular complexity index is 586. The Labute approximate surface area is 119 Å². The molecule has 2 N–H and O–H groups in total. The Hall–Kier alpha value is -2.51. The third-order valence-electron chi connectivity index (χ3n) is 2.70. The molecule has 1 aromatic rings. The summed E-state index contributed by atoms with van der Waals surface area (Å²) in [5, 5.41) is 21.6. The molecule has 0 aromatic heterocycles. The molecule has 21 heavy (non-hydrogen) atoms. The smallest absolute Gasteiger partial charge is 0.304 e. The van der Waals surface area contributed by atoms with Crippen molar-refractivity contribution < 1.29 is 24.0 Å². The van der Waals surface area contributed by atoms with Crippen LogP contribution in [0.3, 0.4) is 0 Å². The van der Waals surface area contributed by atoms with Crippen molar-refractivity contribution >= 4 is 23.3 Å². The summed E-state index contributed by atoms with van der Waals surface area (Å²) in [7, 11) is 0. The fourth-order valence-electron chi connectivity index (χ4n) is 1.84. The number of rotatable bonds is 6. The number of hydrogen-bond acceptors (Lipinski definition) is 4. The number of anilines is 1. The molecule has 0 bridgehead atoms. The predicted molar refractivity (Wildman–Crippen MR) is 72.3 cm³/mol. The van der Waals surface area contributed by atoms with E-state index in [1.807, 2.05) is 0 Å². The Balaban J connectivity index is 2.73. The van der Waals surface area contributed by atoms with Crippen LogP contribution in [-0.2, 0) is 9.59 Å². The molecule has 0 spiro atoms. The molecule has 1 rings (SSSR count). The molecule has 0 unspecified atom stereocenters. The zero-order chi connectivity index (χ0) is 16.2. The van der Waals surface area contributed by atoms with Crippen LogP contribution < -0.4 is 5.32 Å². The number of aliphatic carboxylic acids is 1. The van der Waals surface area contributed by atoms with Crippen molar-refractivity contribution in [2.45, 2.75) is 26.7 Å². The first kappa shape index (κ1) is 16.5. The van der Waals surface area contributed by atoms with E-state index in [9.17, 15) is 24.1 Å². The maximum atomic E-state index is 13.4. The molecule has 0 saturated carbocycles. The molecule has 0 aliphatic rings. The van der Waals surface area contributed by atoms with Crippen molar-refractivity contribution in [2.75, 3.05) is 5.32 Å². The van der Waals surface area contributed by atoms with E-state index in [0.717, 1.165) is 12.1 Å². The second-order valence-corrected chi connectivity index (χ2v) is 5.38. The van der Waals surface area contributed by atoms with Crippen LogP contribution in [0, 0.1) is 21.3 Å². The van der Waals surface area contributed by atoms with Crippen LogP contribution in [0.2, 0.25) is 0 Å². The number of nitro benzene ring substituents is 1. The molecule has 0 saturated heterocycles. The van der Waals surface area contributed by atoms with E-state index in [4.69, 9.17) is 5.11 Å². The molecule has 0 heterocycles. The molecule has 7 nitrogen and oxygen atoms in total. The van der Waals surface area contributed by atoms with E-state index in [-0.39, 0.29) is 18.5 Å². The number of nitro groups is 1. The third kappa shape index (κ3) is 5.17. The lowest BCUT2D eigenvalue weighted by Crippen LogP contribution is -2.24. The minimum absolute atomic E-state index is 0.0715. The summed E-state index contributed by atoms with van der Waals surface area (Å²) in [6.07, 6.45) is -0.257. The minimum atomic E-state index is -1.05. The van der Waals surface area contributed by atoms with Crippen LogP contribution in [0.5, 0.6) is 0 Å². The van der Waals surface area contributed by atoms with Gasteiger partial charge in [-0.15, -0.1) is 0 Å². The van der Waals surface area contributed by atoms with Crippen LogP contribution >= 0.6 is 0 Å². The first-order valence-electron chi connectivity index (χ1n) is 6.06. The lowest BCUT2D eigenvalue weighted by molar-refractivity contribution is -0.387. The summed E-state index contributed by atoms with van der Waals surface area (Å²) in [4.78, 5) is 32.0. The number of halogens is 1. The monoisotopic (exact) mass is 298 g/mol. The fraction of sp³-hybridized carbons (Fsp3) is 0.385. The second-order valence-electron chi connectivity index (χ2n) is 5.38. The molecule has 0 radical (unpaired) electrons. The summed E-state index contributed by atoms with van der Waals surface area (Å²) in [5.74, 6) is -2.56. The molecule has 8 heteroatoms. The van der Waals surface area contributed by atoms with Gasteiger partial charge in [0.15, 0.2) is 0 Å². The lowest BCUT2D eigenvalue weighted by Gasteiger charge is -2.21. The van der Waals surface area contributed by atoms with E-state index in [1.165, 1.54) is 6.07 Å². The van der Waals surface area contributed by atoms with Crippen molar-refractivity contribution in [1.82, 2.24) is 0 Å². The highest BCUT2D eigenvalue weighted by Crippen LogP contribution is 2.26. The zero-order valence-corrected chi connectivity index (χ0v) is 11.6. The number of nitrogens with one attached hydrogen (secondary N) is 1. The predicted octanol–water partition coefficient (Wildman–Crippen LogP) is 2.56. The lowest BCUT2D eigenvalue weighted by atomic mass is 9.85. The molecule has 0 aliphatic carbocycles. The molecule has 0 atom stereocenters. The van der Waals surface area contributed by atoms with Gasteiger partial charge in [0.25, 0.3) is 0 Å². The van der Waals surface area contributed by atoms with Gasteiger partial charge in [-0.05, 0) is 11.5 Å². The van der Waals surface area contributed by atoms with Crippen molar-refractivity contribution in [3.8, 4) is 0 Å². The molecule has 1 aromatic carbocycles. The molecular weight excluding hydrogens is 283 g/mol. The van der Waals surface area contributed by atoms with Crippen molar-refractivity contribution in [2.24, 2.45) is 5.41 Å². The highest BCUT2D eigenvalue weighted by molar-refractivity contribution is 5.91. The van der Waals surface area contributed by atoms with E-state index in [0.29, 0.717) is 0 Å². The Kier molecular flexibility index (Phi) is 4.96. The summed E-state index contributed by atoms with van der Waals surface area (Å²) >= 11 is 0. The van der Waals surface area contributed by atoms with Gasteiger partial charge in [-0.25, -0.2) is 0 Å². The Morgan fingerprint density at radius 1 is 1.38 bits per heavy atom. The number of nitrogens with zero attached hydrogens (tertiary/aromatic N) is 1. The normalized spacial score (nSPS) is 11.0. The van der Waals surface area contributed by atoms with Gasteiger partial charge in [0, 0.05) is 24.2 Å². The van der Waals surface area contributed by atoms with Crippen molar-refractivity contribution in [3.63, 3.8) is 0 Å². The third-order valence-corrected chi connectivity index (χ3v) is 2.70. The largest absolute Gasteiger partial charge is 0.481 e. The highest BCUT2D eigenvalue weighted by Gasteiger charge is 2.25. The van der Waals surface area contributed by atoms with Crippen molar-refractivity contribution in [1.29, 1.82) is 0 Å². The summed E-state index contributed by atoms with van der Waals surface area (Å²) in [6.45, 7) is 3.24. The van der Waals surface area contributed by atoms with Crippen LogP contribution in [-0.4, -0.2) is 21.9 Å². The standard InChI is InChI=1S/C13H15FN2O5/c1-13(2,7-12(18)19)6-11(17)15-8-3-4-10(16(20)21)9(14)5-8/h3-5H,6-7H2,1-2H3,(H,15,17)(H,18,19). The topological polar surface area (TPSA) is 110 Å². The molecule has 114 valence electrons. The first-order valence-corrected chi connectivity index (χ1v) is 6.06. The van der Waals surface area contributed by atoms with E-state index < -0.39 is 33.7 Å². The summed E-state index contributed by atoms with van der Waals surface area (Å²) in [6, 6.07) is 3.01. The van der Waals surface area contributed by atoms with Gasteiger partial charge in [-0.2, -0.15) is 4.39 Å². The number of amides is 1. The zero-order valence-electron chi connectivity index (χ0n) is 11.6. The number of hydrogen-bond donors (Lipinski definition) is 2. The Morgan fingerprint density at radius 3 is 2.48 bits per heavy atom. The van der Waals surface area contributed by atoms with Gasteiger partial charge in [0.05, 0.1) is 11.3 Å².